The van der Waals surface area contributed by atoms with Crippen molar-refractivity contribution in [1.82, 2.24) is 5.32 Å². The second-order valence-corrected chi connectivity index (χ2v) is 4.65. The van der Waals surface area contributed by atoms with Crippen LogP contribution in [0.4, 0.5) is 5.69 Å². The highest BCUT2D eigenvalue weighted by atomic mass is 79.9. The van der Waals surface area contributed by atoms with Gasteiger partial charge >= 0.3 is 0 Å². The molecular formula is C12H18BrClN2O2. The van der Waals surface area contributed by atoms with Crippen molar-refractivity contribution in [3.63, 3.8) is 0 Å². The van der Waals surface area contributed by atoms with Gasteiger partial charge in [-0.15, -0.1) is 12.4 Å². The summed E-state index contributed by atoms with van der Waals surface area (Å²) >= 11 is 3.38. The number of carbonyl (C=O) groups excluding carboxylic acids is 1. The molecule has 1 rings (SSSR count). The molecule has 1 aromatic rings. The summed E-state index contributed by atoms with van der Waals surface area (Å²) in [5.74, 6) is 0.670. The van der Waals surface area contributed by atoms with Gasteiger partial charge in [-0.2, -0.15) is 0 Å². The van der Waals surface area contributed by atoms with E-state index in [1.54, 1.807) is 7.11 Å². The van der Waals surface area contributed by atoms with E-state index in [1.165, 1.54) is 0 Å². The van der Waals surface area contributed by atoms with Crippen molar-refractivity contribution < 1.29 is 9.53 Å². The van der Waals surface area contributed by atoms with E-state index < -0.39 is 0 Å². The molecule has 0 radical (unpaired) electrons. The molecule has 6 heteroatoms. The van der Waals surface area contributed by atoms with Crippen LogP contribution in [0.15, 0.2) is 22.7 Å². The maximum Gasteiger partial charge on any atom is 0.228 e. The zero-order valence-corrected chi connectivity index (χ0v) is 13.0. The summed E-state index contributed by atoms with van der Waals surface area (Å²) in [6, 6.07) is 5.44. The summed E-state index contributed by atoms with van der Waals surface area (Å²) in [6.07, 6.45) is 0. The van der Waals surface area contributed by atoms with E-state index in [0.29, 0.717) is 6.54 Å². The lowest BCUT2D eigenvalue weighted by Crippen LogP contribution is -2.28. The first kappa shape index (κ1) is 17.2. The third-order valence-corrected chi connectivity index (χ3v) is 3.00. The fourth-order valence-corrected chi connectivity index (χ4v) is 1.95. The second kappa shape index (κ2) is 8.34. The lowest BCUT2D eigenvalue weighted by Gasteiger charge is -2.12. The van der Waals surface area contributed by atoms with Gasteiger partial charge in [-0.1, -0.05) is 6.92 Å². The standard InChI is InChI=1S/C12H17BrN2O2.ClH/c1-8(7-14-2)12(16)15-9-4-5-11(17-3)10(13)6-9;/h4-6,8,14H,7H2,1-3H3,(H,15,16);1H. The number of amides is 1. The van der Waals surface area contributed by atoms with Crippen LogP contribution < -0.4 is 15.4 Å². The van der Waals surface area contributed by atoms with Gasteiger partial charge in [-0.25, -0.2) is 0 Å². The molecule has 0 saturated heterocycles. The molecule has 1 amide bonds. The van der Waals surface area contributed by atoms with Gasteiger partial charge in [0.2, 0.25) is 5.91 Å². The van der Waals surface area contributed by atoms with Crippen molar-refractivity contribution in [2.45, 2.75) is 6.92 Å². The van der Waals surface area contributed by atoms with Crippen molar-refractivity contribution in [2.24, 2.45) is 5.92 Å². The smallest absolute Gasteiger partial charge is 0.228 e. The normalized spacial score (nSPS) is 11.3. The Hall–Kier alpha value is -0.780. The Balaban J connectivity index is 0.00000289. The van der Waals surface area contributed by atoms with Crippen LogP contribution in [0.1, 0.15) is 6.92 Å². The number of halogens is 2. The van der Waals surface area contributed by atoms with Gasteiger partial charge in [-0.05, 0) is 41.2 Å². The summed E-state index contributed by atoms with van der Waals surface area (Å²) < 4.78 is 5.94. The maximum atomic E-state index is 11.8. The topological polar surface area (TPSA) is 50.4 Å². The second-order valence-electron chi connectivity index (χ2n) is 3.80. The number of hydrogen-bond acceptors (Lipinski definition) is 3. The Bertz CT molecular complexity index is 402. The molecule has 18 heavy (non-hydrogen) atoms. The summed E-state index contributed by atoms with van der Waals surface area (Å²) in [6.45, 7) is 2.54. The van der Waals surface area contributed by atoms with Crippen LogP contribution in [-0.4, -0.2) is 26.6 Å². The van der Waals surface area contributed by atoms with Gasteiger partial charge in [0, 0.05) is 18.2 Å². The minimum atomic E-state index is -0.0686. The molecule has 102 valence electrons. The molecule has 1 unspecified atom stereocenters. The van der Waals surface area contributed by atoms with Crippen LogP contribution in [0, 0.1) is 5.92 Å². The van der Waals surface area contributed by atoms with Gasteiger partial charge in [-0.3, -0.25) is 4.79 Å². The number of rotatable bonds is 5. The van der Waals surface area contributed by atoms with Crippen molar-refractivity contribution in [3.8, 4) is 5.75 Å². The Morgan fingerprint density at radius 1 is 1.50 bits per heavy atom. The summed E-state index contributed by atoms with van der Waals surface area (Å²) in [5, 5.41) is 5.83. The lowest BCUT2D eigenvalue weighted by molar-refractivity contribution is -0.119. The summed E-state index contributed by atoms with van der Waals surface area (Å²) in [5.41, 5.74) is 0.755. The molecular weight excluding hydrogens is 320 g/mol. The highest BCUT2D eigenvalue weighted by Gasteiger charge is 2.12. The number of carbonyl (C=O) groups is 1. The monoisotopic (exact) mass is 336 g/mol. The average Bonchev–Trinajstić information content (AvgIpc) is 2.29. The first-order valence-electron chi connectivity index (χ1n) is 5.37. The van der Waals surface area contributed by atoms with Gasteiger partial charge in [0.1, 0.15) is 5.75 Å². The number of benzene rings is 1. The van der Waals surface area contributed by atoms with Crippen molar-refractivity contribution in [1.29, 1.82) is 0 Å². The quantitative estimate of drug-likeness (QED) is 0.868. The number of anilines is 1. The zero-order valence-electron chi connectivity index (χ0n) is 10.6. The first-order valence-corrected chi connectivity index (χ1v) is 6.16. The Kier molecular flexibility index (Phi) is 7.98. The minimum Gasteiger partial charge on any atom is -0.496 e. The van der Waals surface area contributed by atoms with Crippen LogP contribution in [0.3, 0.4) is 0 Å². The fraction of sp³-hybridized carbons (Fsp3) is 0.417. The van der Waals surface area contributed by atoms with Crippen molar-refractivity contribution in [2.75, 3.05) is 26.0 Å². The van der Waals surface area contributed by atoms with E-state index in [2.05, 4.69) is 26.6 Å². The Morgan fingerprint density at radius 3 is 2.67 bits per heavy atom. The molecule has 0 spiro atoms. The zero-order chi connectivity index (χ0) is 12.8. The molecule has 1 aromatic carbocycles. The van der Waals surface area contributed by atoms with E-state index in [1.807, 2.05) is 32.2 Å². The van der Waals surface area contributed by atoms with Gasteiger partial charge in [0.15, 0.2) is 0 Å². The molecule has 0 aromatic heterocycles. The third-order valence-electron chi connectivity index (χ3n) is 2.38. The SMILES string of the molecule is CNCC(C)C(=O)Nc1ccc(OC)c(Br)c1.Cl. The van der Waals surface area contributed by atoms with E-state index >= 15 is 0 Å². The molecule has 0 aliphatic carbocycles. The third kappa shape index (κ3) is 4.84. The van der Waals surface area contributed by atoms with Crippen molar-refractivity contribution in [3.05, 3.63) is 22.7 Å². The molecule has 0 bridgehead atoms. The van der Waals surface area contributed by atoms with Crippen LogP contribution in [0.5, 0.6) is 5.75 Å². The van der Waals surface area contributed by atoms with E-state index in [9.17, 15) is 4.79 Å². The van der Waals surface area contributed by atoms with E-state index in [-0.39, 0.29) is 24.2 Å². The van der Waals surface area contributed by atoms with E-state index in [4.69, 9.17) is 4.74 Å². The van der Waals surface area contributed by atoms with Gasteiger partial charge < -0.3 is 15.4 Å². The number of hydrogen-bond donors (Lipinski definition) is 2. The summed E-state index contributed by atoms with van der Waals surface area (Å²) in [4.78, 5) is 11.8. The maximum absolute atomic E-state index is 11.8. The molecule has 4 nitrogen and oxygen atoms in total. The molecule has 0 fully saturated rings. The molecule has 0 aliphatic heterocycles. The average molecular weight is 338 g/mol. The van der Waals surface area contributed by atoms with Crippen LogP contribution in [0.2, 0.25) is 0 Å². The van der Waals surface area contributed by atoms with Crippen LogP contribution in [-0.2, 0) is 4.79 Å². The predicted octanol–water partition coefficient (Wildman–Crippen LogP) is 2.67. The molecule has 0 saturated carbocycles. The van der Waals surface area contributed by atoms with Crippen LogP contribution >= 0.6 is 28.3 Å². The molecule has 1 atom stereocenters. The largest absolute Gasteiger partial charge is 0.496 e. The Labute approximate surface area is 122 Å². The first-order chi connectivity index (χ1) is 8.08. The summed E-state index contributed by atoms with van der Waals surface area (Å²) in [7, 11) is 3.43. The highest BCUT2D eigenvalue weighted by molar-refractivity contribution is 9.10. The number of nitrogens with one attached hydrogen (secondary N) is 2. The molecule has 0 heterocycles. The minimum absolute atomic E-state index is 0. The van der Waals surface area contributed by atoms with Crippen LogP contribution in [0.25, 0.3) is 0 Å². The number of ether oxygens (including phenoxy) is 1. The molecule has 2 N–H and O–H groups in total. The van der Waals surface area contributed by atoms with E-state index in [0.717, 1.165) is 15.9 Å². The number of methoxy groups -OCH3 is 1. The Morgan fingerprint density at radius 2 is 2.17 bits per heavy atom. The highest BCUT2D eigenvalue weighted by Crippen LogP contribution is 2.27. The molecule has 0 aliphatic rings. The van der Waals surface area contributed by atoms with Gasteiger partial charge in [0.05, 0.1) is 11.6 Å². The van der Waals surface area contributed by atoms with Crippen molar-refractivity contribution >= 4 is 39.9 Å². The predicted molar refractivity (Wildman–Crippen MR) is 79.7 cm³/mol. The fourth-order valence-electron chi connectivity index (χ4n) is 1.41. The lowest BCUT2D eigenvalue weighted by atomic mass is 10.1. The van der Waals surface area contributed by atoms with Gasteiger partial charge in [0.25, 0.3) is 0 Å².